The van der Waals surface area contributed by atoms with E-state index in [1.54, 1.807) is 0 Å². The molecule has 0 saturated carbocycles. The van der Waals surface area contributed by atoms with Gasteiger partial charge in [0.1, 0.15) is 17.8 Å². The zero-order valence-electron chi connectivity index (χ0n) is 15.9. The summed E-state index contributed by atoms with van der Waals surface area (Å²) in [5.41, 5.74) is 8.94. The first-order valence-electron chi connectivity index (χ1n) is 9.24. The van der Waals surface area contributed by atoms with Crippen LogP contribution in [0, 0.1) is 6.92 Å². The van der Waals surface area contributed by atoms with Gasteiger partial charge in [0.25, 0.3) is 0 Å². The molecule has 2 aromatic carbocycles. The molecule has 140 valence electrons. The molecule has 0 bridgehead atoms. The van der Waals surface area contributed by atoms with Crippen molar-refractivity contribution in [3.05, 3.63) is 72.7 Å². The Morgan fingerprint density at radius 3 is 2.57 bits per heavy atom. The van der Waals surface area contributed by atoms with Crippen molar-refractivity contribution in [1.82, 2.24) is 15.0 Å². The lowest BCUT2D eigenvalue weighted by Crippen LogP contribution is -2.20. The van der Waals surface area contributed by atoms with Gasteiger partial charge in [0.2, 0.25) is 0 Å². The van der Waals surface area contributed by atoms with E-state index in [9.17, 15) is 0 Å². The lowest BCUT2D eigenvalue weighted by atomic mass is 10.1. The summed E-state index contributed by atoms with van der Waals surface area (Å²) in [7, 11) is 0. The molecule has 0 amide bonds. The predicted octanol–water partition coefficient (Wildman–Crippen LogP) is 4.82. The van der Waals surface area contributed by atoms with E-state index in [2.05, 4.69) is 56.4 Å². The maximum atomic E-state index is 6.47. The summed E-state index contributed by atoms with van der Waals surface area (Å²) in [5.74, 6) is 1.91. The molecular formula is C22H22N6. The van der Waals surface area contributed by atoms with Crippen LogP contribution in [0.25, 0.3) is 10.8 Å². The molecule has 0 unspecified atom stereocenters. The number of nitrogens with one attached hydrogen (secondary N) is 1. The minimum absolute atomic E-state index is 0.487. The molecular weight excluding hydrogens is 348 g/mol. The number of aromatic nitrogens is 3. The molecule has 0 saturated heterocycles. The van der Waals surface area contributed by atoms with E-state index in [1.165, 1.54) is 11.7 Å². The van der Waals surface area contributed by atoms with Gasteiger partial charge in [-0.25, -0.2) is 15.0 Å². The standard InChI is InChI=1S/C22H22N6/c1-3-28(18-12-7-10-16-9-4-5-11-17(16)18)22-20(23)21(24-14-25-22)27-19-13-6-8-15(2)26-19/h4-14H,3,23H2,1-2H3,(H,24,25,26,27). The van der Waals surface area contributed by atoms with Gasteiger partial charge in [-0.05, 0) is 37.4 Å². The number of hydrogen-bond acceptors (Lipinski definition) is 6. The van der Waals surface area contributed by atoms with Crippen molar-refractivity contribution in [2.45, 2.75) is 13.8 Å². The number of rotatable bonds is 5. The van der Waals surface area contributed by atoms with Crippen molar-refractivity contribution in [2.75, 3.05) is 22.5 Å². The Kier molecular flexibility index (Phi) is 4.76. The molecule has 0 atom stereocenters. The molecule has 0 aliphatic rings. The average molecular weight is 370 g/mol. The van der Waals surface area contributed by atoms with Crippen molar-refractivity contribution in [3.63, 3.8) is 0 Å². The lowest BCUT2D eigenvalue weighted by molar-refractivity contribution is 0.984. The van der Waals surface area contributed by atoms with E-state index < -0.39 is 0 Å². The molecule has 6 heteroatoms. The minimum atomic E-state index is 0.487. The van der Waals surface area contributed by atoms with Crippen molar-refractivity contribution < 1.29 is 0 Å². The van der Waals surface area contributed by atoms with Crippen LogP contribution in [0.15, 0.2) is 67.0 Å². The average Bonchev–Trinajstić information content (AvgIpc) is 2.71. The quantitative estimate of drug-likeness (QED) is 0.524. The fourth-order valence-corrected chi connectivity index (χ4v) is 3.31. The van der Waals surface area contributed by atoms with Crippen molar-refractivity contribution in [3.8, 4) is 0 Å². The number of aryl methyl sites for hydroxylation is 1. The van der Waals surface area contributed by atoms with Gasteiger partial charge >= 0.3 is 0 Å². The monoisotopic (exact) mass is 370 g/mol. The van der Waals surface area contributed by atoms with Crippen LogP contribution in [0.4, 0.5) is 28.8 Å². The van der Waals surface area contributed by atoms with Crippen molar-refractivity contribution in [1.29, 1.82) is 0 Å². The Morgan fingerprint density at radius 2 is 1.75 bits per heavy atom. The van der Waals surface area contributed by atoms with E-state index in [4.69, 9.17) is 5.73 Å². The number of nitrogens with two attached hydrogens (primary N) is 1. The smallest absolute Gasteiger partial charge is 0.161 e. The highest BCUT2D eigenvalue weighted by molar-refractivity contribution is 5.97. The lowest BCUT2D eigenvalue weighted by Gasteiger charge is -2.25. The Balaban J connectivity index is 1.77. The van der Waals surface area contributed by atoms with E-state index in [-0.39, 0.29) is 0 Å². The normalized spacial score (nSPS) is 10.8. The van der Waals surface area contributed by atoms with Crippen LogP contribution < -0.4 is 16.0 Å². The molecule has 0 radical (unpaired) electrons. The molecule has 2 heterocycles. The Morgan fingerprint density at radius 1 is 0.964 bits per heavy atom. The van der Waals surface area contributed by atoms with Gasteiger partial charge < -0.3 is 16.0 Å². The fraction of sp³-hybridized carbons (Fsp3) is 0.136. The molecule has 2 aromatic heterocycles. The first kappa shape index (κ1) is 17.7. The second kappa shape index (κ2) is 7.52. The van der Waals surface area contributed by atoms with Gasteiger partial charge in [-0.2, -0.15) is 0 Å². The number of pyridine rings is 1. The summed E-state index contributed by atoms with van der Waals surface area (Å²) in [6.07, 6.45) is 1.53. The van der Waals surface area contributed by atoms with Crippen LogP contribution in [0.3, 0.4) is 0 Å². The van der Waals surface area contributed by atoms with E-state index >= 15 is 0 Å². The molecule has 3 N–H and O–H groups in total. The number of fused-ring (bicyclic) bond motifs is 1. The second-order valence-corrected chi connectivity index (χ2v) is 6.49. The summed E-state index contributed by atoms with van der Waals surface area (Å²) in [5, 5.41) is 5.53. The highest BCUT2D eigenvalue weighted by Gasteiger charge is 2.17. The van der Waals surface area contributed by atoms with Gasteiger partial charge in [0, 0.05) is 17.6 Å². The Hall–Kier alpha value is -3.67. The van der Waals surface area contributed by atoms with E-state index in [0.29, 0.717) is 23.1 Å². The maximum Gasteiger partial charge on any atom is 0.161 e. The number of nitrogens with zero attached hydrogens (tertiary/aromatic N) is 4. The van der Waals surface area contributed by atoms with Crippen LogP contribution >= 0.6 is 0 Å². The van der Waals surface area contributed by atoms with Gasteiger partial charge in [-0.15, -0.1) is 0 Å². The largest absolute Gasteiger partial charge is 0.393 e. The van der Waals surface area contributed by atoms with Crippen LogP contribution in [-0.4, -0.2) is 21.5 Å². The molecule has 6 nitrogen and oxygen atoms in total. The third kappa shape index (κ3) is 3.32. The highest BCUT2D eigenvalue weighted by Crippen LogP contribution is 2.36. The van der Waals surface area contributed by atoms with Gasteiger partial charge in [-0.3, -0.25) is 0 Å². The number of anilines is 5. The summed E-state index contributed by atoms with van der Waals surface area (Å²) in [6.45, 7) is 4.75. The topological polar surface area (TPSA) is 80.0 Å². The van der Waals surface area contributed by atoms with Gasteiger partial charge in [0.05, 0.1) is 5.69 Å². The van der Waals surface area contributed by atoms with Crippen molar-refractivity contribution >= 4 is 39.6 Å². The molecule has 0 aliphatic carbocycles. The highest BCUT2D eigenvalue weighted by atomic mass is 15.2. The zero-order valence-corrected chi connectivity index (χ0v) is 15.9. The summed E-state index contributed by atoms with van der Waals surface area (Å²) < 4.78 is 0. The molecule has 0 fully saturated rings. The Bertz CT molecular complexity index is 1120. The molecule has 4 aromatic rings. The van der Waals surface area contributed by atoms with Crippen LogP contribution in [-0.2, 0) is 0 Å². The first-order valence-corrected chi connectivity index (χ1v) is 9.24. The van der Waals surface area contributed by atoms with Crippen LogP contribution in [0.2, 0.25) is 0 Å². The van der Waals surface area contributed by atoms with Crippen molar-refractivity contribution in [2.24, 2.45) is 0 Å². The van der Waals surface area contributed by atoms with Gasteiger partial charge in [0.15, 0.2) is 11.6 Å². The Labute approximate surface area is 164 Å². The van der Waals surface area contributed by atoms with E-state index in [0.717, 1.165) is 23.3 Å². The summed E-state index contributed by atoms with van der Waals surface area (Å²) in [6, 6.07) is 20.3. The number of hydrogen-bond donors (Lipinski definition) is 2. The fourth-order valence-electron chi connectivity index (χ4n) is 3.31. The third-order valence-corrected chi connectivity index (χ3v) is 4.63. The number of nitrogen functional groups attached to an aromatic ring is 1. The SMILES string of the molecule is CCN(c1ncnc(Nc2cccc(C)n2)c1N)c1cccc2ccccc12. The maximum absolute atomic E-state index is 6.47. The number of benzene rings is 2. The summed E-state index contributed by atoms with van der Waals surface area (Å²) in [4.78, 5) is 15.4. The molecule has 28 heavy (non-hydrogen) atoms. The van der Waals surface area contributed by atoms with Crippen LogP contribution in [0.1, 0.15) is 12.6 Å². The third-order valence-electron chi connectivity index (χ3n) is 4.63. The van der Waals surface area contributed by atoms with Gasteiger partial charge in [-0.1, -0.05) is 42.5 Å². The summed E-state index contributed by atoms with van der Waals surface area (Å²) >= 11 is 0. The first-order chi connectivity index (χ1) is 13.7. The zero-order chi connectivity index (χ0) is 19.5. The second-order valence-electron chi connectivity index (χ2n) is 6.49. The minimum Gasteiger partial charge on any atom is -0.393 e. The molecule has 0 aliphatic heterocycles. The predicted molar refractivity (Wildman–Crippen MR) is 115 cm³/mol. The van der Waals surface area contributed by atoms with Crippen LogP contribution in [0.5, 0.6) is 0 Å². The molecule has 4 rings (SSSR count). The molecule has 0 spiro atoms. The van der Waals surface area contributed by atoms with E-state index in [1.807, 2.05) is 43.3 Å².